The molecule has 1 N–H and O–H groups in total. The molecule has 2 aromatic rings. The van der Waals surface area contributed by atoms with Gasteiger partial charge >= 0.3 is 5.97 Å². The van der Waals surface area contributed by atoms with Crippen molar-refractivity contribution >= 4 is 45.9 Å². The quantitative estimate of drug-likeness (QED) is 0.299. The average molecular weight is 593 g/mol. The number of anilines is 1. The molecule has 1 aliphatic rings. The van der Waals surface area contributed by atoms with Gasteiger partial charge in [0.15, 0.2) is 23.0 Å². The lowest BCUT2D eigenvalue weighted by molar-refractivity contribution is -0.149. The Balaban J connectivity index is 1.79. The number of piperidine rings is 1. The van der Waals surface area contributed by atoms with Crippen LogP contribution in [0, 0.1) is 5.92 Å². The molecule has 0 aliphatic carbocycles. The molecule has 0 saturated carbocycles. The van der Waals surface area contributed by atoms with Crippen LogP contribution in [0.1, 0.15) is 25.3 Å². The SMILES string of the molecule is CCOC(=O)C1CCN(C(=S)SCC(=O)N(Cc2ccc(OC)c(O)c2)c2cc(OC)c(OC)c(OC)c2)CC1. The Hall–Kier alpha value is -3.38. The fraction of sp³-hybridized carbons (Fsp3) is 0.464. The maximum Gasteiger partial charge on any atom is 0.309 e. The molecule has 1 aliphatic heterocycles. The summed E-state index contributed by atoms with van der Waals surface area (Å²) in [5, 5.41) is 10.3. The van der Waals surface area contributed by atoms with Gasteiger partial charge in [-0.1, -0.05) is 30.0 Å². The molecule has 0 unspecified atom stereocenters. The number of carbonyl (C=O) groups is 2. The molecule has 0 spiro atoms. The van der Waals surface area contributed by atoms with Gasteiger partial charge in [-0.15, -0.1) is 0 Å². The molecule has 1 heterocycles. The van der Waals surface area contributed by atoms with E-state index in [1.54, 1.807) is 42.2 Å². The number of benzene rings is 2. The zero-order valence-electron chi connectivity index (χ0n) is 23.4. The number of esters is 1. The highest BCUT2D eigenvalue weighted by molar-refractivity contribution is 8.23. The third-order valence-electron chi connectivity index (χ3n) is 6.54. The minimum Gasteiger partial charge on any atom is -0.504 e. The summed E-state index contributed by atoms with van der Waals surface area (Å²) in [5.74, 6) is 1.10. The largest absolute Gasteiger partial charge is 0.504 e. The second-order valence-corrected chi connectivity index (χ2v) is 10.5. The van der Waals surface area contributed by atoms with Crippen LogP contribution >= 0.6 is 24.0 Å². The zero-order valence-corrected chi connectivity index (χ0v) is 25.1. The molecule has 3 rings (SSSR count). The number of aromatic hydroxyl groups is 1. The molecule has 1 saturated heterocycles. The maximum atomic E-state index is 13.7. The average Bonchev–Trinajstić information content (AvgIpc) is 2.97. The summed E-state index contributed by atoms with van der Waals surface area (Å²) in [5.41, 5.74) is 1.21. The smallest absolute Gasteiger partial charge is 0.309 e. The molecule has 0 atom stereocenters. The van der Waals surface area contributed by atoms with Crippen LogP contribution in [0.25, 0.3) is 0 Å². The third kappa shape index (κ3) is 7.63. The summed E-state index contributed by atoms with van der Waals surface area (Å²) in [6, 6.07) is 8.38. The van der Waals surface area contributed by atoms with E-state index in [9.17, 15) is 14.7 Å². The number of hydrogen-bond donors (Lipinski definition) is 1. The predicted octanol–water partition coefficient (Wildman–Crippen LogP) is 4.25. The van der Waals surface area contributed by atoms with Gasteiger partial charge in [0, 0.05) is 25.2 Å². The van der Waals surface area contributed by atoms with Crippen molar-refractivity contribution < 1.29 is 38.4 Å². The van der Waals surface area contributed by atoms with E-state index in [0.29, 0.717) is 71.1 Å². The topological polar surface area (TPSA) is 107 Å². The van der Waals surface area contributed by atoms with E-state index in [4.69, 9.17) is 35.9 Å². The number of likely N-dealkylation sites (tertiary alicyclic amines) is 1. The summed E-state index contributed by atoms with van der Waals surface area (Å²) in [4.78, 5) is 29.3. The first kappa shape index (κ1) is 31.2. The number of carbonyl (C=O) groups excluding carboxylic acids is 2. The minimum absolute atomic E-state index is 0.0286. The van der Waals surface area contributed by atoms with Crippen LogP contribution in [0.3, 0.4) is 0 Å². The summed E-state index contributed by atoms with van der Waals surface area (Å²) in [6.45, 7) is 3.59. The lowest BCUT2D eigenvalue weighted by Gasteiger charge is -2.32. The monoisotopic (exact) mass is 592 g/mol. The Labute approximate surface area is 244 Å². The van der Waals surface area contributed by atoms with Gasteiger partial charge in [-0.05, 0) is 37.5 Å². The molecule has 1 amide bonds. The Kier molecular flexibility index (Phi) is 11.6. The molecule has 40 heavy (non-hydrogen) atoms. The number of thioether (sulfide) groups is 1. The van der Waals surface area contributed by atoms with Gasteiger partial charge in [-0.2, -0.15) is 0 Å². The zero-order chi connectivity index (χ0) is 29.2. The van der Waals surface area contributed by atoms with Gasteiger partial charge in [0.2, 0.25) is 11.7 Å². The van der Waals surface area contributed by atoms with Gasteiger partial charge in [0.1, 0.15) is 4.32 Å². The van der Waals surface area contributed by atoms with Crippen molar-refractivity contribution in [2.45, 2.75) is 26.3 Å². The molecule has 1 fully saturated rings. The molecule has 2 aromatic carbocycles. The van der Waals surface area contributed by atoms with E-state index in [-0.39, 0.29) is 35.8 Å². The molecule has 0 radical (unpaired) electrons. The number of ether oxygens (including phenoxy) is 5. The van der Waals surface area contributed by atoms with Crippen LogP contribution in [-0.2, 0) is 20.9 Å². The number of nitrogens with zero attached hydrogens (tertiary/aromatic N) is 2. The van der Waals surface area contributed by atoms with E-state index < -0.39 is 0 Å². The number of thiocarbonyl (C=S) groups is 1. The van der Waals surface area contributed by atoms with E-state index >= 15 is 0 Å². The van der Waals surface area contributed by atoms with Crippen LogP contribution in [0.2, 0.25) is 0 Å². The fourth-order valence-electron chi connectivity index (χ4n) is 4.41. The Morgan fingerprint density at radius 1 is 1.00 bits per heavy atom. The van der Waals surface area contributed by atoms with Gasteiger partial charge in [0.05, 0.1) is 58.9 Å². The Morgan fingerprint density at radius 2 is 1.62 bits per heavy atom. The second kappa shape index (κ2) is 14.8. The summed E-state index contributed by atoms with van der Waals surface area (Å²) in [7, 11) is 6.00. The molecule has 0 aromatic heterocycles. The number of methoxy groups -OCH3 is 4. The lowest BCUT2D eigenvalue weighted by Crippen LogP contribution is -2.39. The summed E-state index contributed by atoms with van der Waals surface area (Å²) in [6.07, 6.45) is 1.32. The van der Waals surface area contributed by atoms with Gasteiger partial charge in [-0.3, -0.25) is 9.59 Å². The predicted molar refractivity (Wildman–Crippen MR) is 158 cm³/mol. The number of hydrogen-bond acceptors (Lipinski definition) is 10. The normalized spacial score (nSPS) is 13.4. The lowest BCUT2D eigenvalue weighted by atomic mass is 9.97. The summed E-state index contributed by atoms with van der Waals surface area (Å²) >= 11 is 6.91. The van der Waals surface area contributed by atoms with Crippen molar-refractivity contribution in [1.29, 1.82) is 0 Å². The first-order valence-corrected chi connectivity index (χ1v) is 14.2. The van der Waals surface area contributed by atoms with E-state index in [1.165, 1.54) is 40.2 Å². The Bertz CT molecular complexity index is 1180. The van der Waals surface area contributed by atoms with Crippen molar-refractivity contribution in [1.82, 2.24) is 4.90 Å². The highest BCUT2D eigenvalue weighted by Gasteiger charge is 2.28. The van der Waals surface area contributed by atoms with Crippen LogP contribution in [0.5, 0.6) is 28.7 Å². The standard InChI is InChI=1S/C28H36N2O8S2/c1-6-38-27(33)19-9-11-29(12-10-19)28(39)40-17-25(32)30(16-18-7-8-22(34-2)21(31)13-18)20-14-23(35-3)26(37-5)24(15-20)36-4/h7-8,13-15,19,31H,6,9-12,16-17H2,1-5H3. The third-order valence-corrected chi connectivity index (χ3v) is 8.05. The number of phenols is 1. The molecule has 12 heteroatoms. The van der Waals surface area contributed by atoms with Crippen molar-refractivity contribution in [2.24, 2.45) is 5.92 Å². The second-order valence-electron chi connectivity index (χ2n) is 8.94. The van der Waals surface area contributed by atoms with Gasteiger partial charge in [-0.25, -0.2) is 0 Å². The van der Waals surface area contributed by atoms with Crippen LogP contribution in [0.15, 0.2) is 30.3 Å². The first-order chi connectivity index (χ1) is 19.3. The number of amides is 1. The van der Waals surface area contributed by atoms with E-state index in [2.05, 4.69) is 0 Å². The van der Waals surface area contributed by atoms with Crippen molar-refractivity contribution in [3.63, 3.8) is 0 Å². The molecular weight excluding hydrogens is 556 g/mol. The highest BCUT2D eigenvalue weighted by Crippen LogP contribution is 2.41. The first-order valence-electron chi connectivity index (χ1n) is 12.8. The molecular formula is C28H36N2O8S2. The van der Waals surface area contributed by atoms with Crippen molar-refractivity contribution in [3.05, 3.63) is 35.9 Å². The minimum atomic E-state index is -0.210. The highest BCUT2D eigenvalue weighted by atomic mass is 32.2. The van der Waals surface area contributed by atoms with Crippen molar-refractivity contribution in [2.75, 3.05) is 58.8 Å². The summed E-state index contributed by atoms with van der Waals surface area (Å²) < 4.78 is 27.3. The van der Waals surface area contributed by atoms with Gasteiger partial charge in [0.25, 0.3) is 0 Å². The van der Waals surface area contributed by atoms with E-state index in [0.717, 1.165) is 0 Å². The maximum absolute atomic E-state index is 13.7. The molecule has 218 valence electrons. The van der Waals surface area contributed by atoms with Crippen LogP contribution < -0.4 is 23.8 Å². The van der Waals surface area contributed by atoms with E-state index in [1.807, 2.05) is 4.90 Å². The van der Waals surface area contributed by atoms with Crippen molar-refractivity contribution in [3.8, 4) is 28.7 Å². The van der Waals surface area contributed by atoms with Gasteiger partial charge < -0.3 is 38.6 Å². The van der Waals surface area contributed by atoms with Crippen LogP contribution in [0.4, 0.5) is 5.69 Å². The fourth-order valence-corrected chi connectivity index (χ4v) is 5.54. The molecule has 0 bridgehead atoms. The number of phenolic OH excluding ortho intramolecular Hbond substituents is 1. The Morgan fingerprint density at radius 3 is 2.15 bits per heavy atom. The van der Waals surface area contributed by atoms with Crippen LogP contribution in [-0.4, -0.2) is 80.1 Å². The number of rotatable bonds is 11. The molecule has 10 nitrogen and oxygen atoms in total.